The van der Waals surface area contributed by atoms with Crippen LogP contribution in [-0.2, 0) is 6.54 Å². The number of rotatable bonds is 4. The maximum Gasteiger partial charge on any atom is 0.253 e. The van der Waals surface area contributed by atoms with E-state index in [1.54, 1.807) is 19.0 Å². The van der Waals surface area contributed by atoms with Gasteiger partial charge in [0.25, 0.3) is 5.91 Å². The summed E-state index contributed by atoms with van der Waals surface area (Å²) in [6.45, 7) is 3.67. The summed E-state index contributed by atoms with van der Waals surface area (Å²) in [6, 6.07) is 8.04. The van der Waals surface area contributed by atoms with Crippen molar-refractivity contribution in [2.45, 2.75) is 32.4 Å². The molecule has 0 N–H and O–H groups in total. The summed E-state index contributed by atoms with van der Waals surface area (Å²) in [5, 5.41) is 4.07. The quantitative estimate of drug-likeness (QED) is 0.867. The predicted molar refractivity (Wildman–Crippen MR) is 85.9 cm³/mol. The van der Waals surface area contributed by atoms with Gasteiger partial charge in [-0.3, -0.25) is 9.69 Å². The molecule has 1 atom stereocenters. The van der Waals surface area contributed by atoms with Crippen LogP contribution in [0.15, 0.2) is 28.8 Å². The average molecular weight is 314 g/mol. The molecule has 1 unspecified atom stereocenters. The first-order valence-electron chi connectivity index (χ1n) is 7.89. The number of carbonyl (C=O) groups is 1. The van der Waals surface area contributed by atoms with Crippen molar-refractivity contribution in [3.05, 3.63) is 47.1 Å². The molecule has 0 spiro atoms. The minimum atomic E-state index is 0.0258. The van der Waals surface area contributed by atoms with E-state index in [-0.39, 0.29) is 11.9 Å². The molecule has 3 rings (SSSR count). The van der Waals surface area contributed by atoms with Crippen molar-refractivity contribution >= 4 is 5.91 Å². The summed E-state index contributed by atoms with van der Waals surface area (Å²) in [6.07, 6.45) is 2.19. The molecule has 6 nitrogen and oxygen atoms in total. The summed E-state index contributed by atoms with van der Waals surface area (Å²) in [5.41, 5.74) is 1.90. The van der Waals surface area contributed by atoms with Crippen LogP contribution >= 0.6 is 0 Å². The number of aromatic nitrogens is 2. The lowest BCUT2D eigenvalue weighted by Crippen LogP contribution is -2.24. The topological polar surface area (TPSA) is 62.5 Å². The van der Waals surface area contributed by atoms with Crippen LogP contribution in [0, 0.1) is 6.92 Å². The summed E-state index contributed by atoms with van der Waals surface area (Å²) in [5.74, 6) is 1.41. The third kappa shape index (κ3) is 3.42. The standard InChI is InChI=1S/C17H22N4O2/c1-12-18-16(19-23-12)15-5-4-10-21(15)11-13-6-8-14(9-7-13)17(22)20(2)3/h6-9,15H,4-5,10-11H2,1-3H3. The van der Waals surface area contributed by atoms with Gasteiger partial charge in [0.15, 0.2) is 5.82 Å². The van der Waals surface area contributed by atoms with Crippen molar-refractivity contribution in [3.63, 3.8) is 0 Å². The fourth-order valence-electron chi connectivity index (χ4n) is 3.00. The van der Waals surface area contributed by atoms with E-state index in [4.69, 9.17) is 4.52 Å². The van der Waals surface area contributed by atoms with Gasteiger partial charge in [0.2, 0.25) is 5.89 Å². The van der Waals surface area contributed by atoms with E-state index in [0.29, 0.717) is 11.5 Å². The van der Waals surface area contributed by atoms with Gasteiger partial charge in [0.1, 0.15) is 0 Å². The molecular formula is C17H22N4O2. The van der Waals surface area contributed by atoms with Crippen LogP contribution in [0.2, 0.25) is 0 Å². The molecule has 1 aliphatic heterocycles. The van der Waals surface area contributed by atoms with Crippen molar-refractivity contribution < 1.29 is 9.32 Å². The molecule has 0 saturated carbocycles. The molecule has 1 aromatic carbocycles. The van der Waals surface area contributed by atoms with Crippen LogP contribution in [0.5, 0.6) is 0 Å². The van der Waals surface area contributed by atoms with Gasteiger partial charge in [-0.05, 0) is 37.1 Å². The Balaban J connectivity index is 1.70. The first-order valence-corrected chi connectivity index (χ1v) is 7.89. The third-order valence-electron chi connectivity index (χ3n) is 4.20. The van der Waals surface area contributed by atoms with E-state index in [0.717, 1.165) is 31.8 Å². The second-order valence-electron chi connectivity index (χ2n) is 6.20. The normalized spacial score (nSPS) is 18.3. The largest absolute Gasteiger partial charge is 0.345 e. The Labute approximate surface area is 136 Å². The summed E-state index contributed by atoms with van der Waals surface area (Å²) in [7, 11) is 3.52. The Hall–Kier alpha value is -2.21. The van der Waals surface area contributed by atoms with E-state index in [2.05, 4.69) is 15.0 Å². The fourth-order valence-corrected chi connectivity index (χ4v) is 3.00. The van der Waals surface area contributed by atoms with E-state index in [1.165, 1.54) is 5.56 Å². The Kier molecular flexibility index (Phi) is 4.43. The second kappa shape index (κ2) is 6.50. The average Bonchev–Trinajstić information content (AvgIpc) is 3.16. The summed E-state index contributed by atoms with van der Waals surface area (Å²) < 4.78 is 5.11. The molecule has 6 heteroatoms. The van der Waals surface area contributed by atoms with Crippen molar-refractivity contribution in [2.75, 3.05) is 20.6 Å². The molecule has 0 radical (unpaired) electrons. The molecule has 1 fully saturated rings. The number of aryl methyl sites for hydroxylation is 1. The van der Waals surface area contributed by atoms with E-state index < -0.39 is 0 Å². The van der Waals surface area contributed by atoms with Crippen LogP contribution in [0.4, 0.5) is 0 Å². The molecule has 122 valence electrons. The smallest absolute Gasteiger partial charge is 0.253 e. The molecule has 2 heterocycles. The lowest BCUT2D eigenvalue weighted by molar-refractivity contribution is 0.0827. The van der Waals surface area contributed by atoms with Crippen LogP contribution in [0.25, 0.3) is 0 Å². The van der Waals surface area contributed by atoms with Crippen LogP contribution < -0.4 is 0 Å². The minimum Gasteiger partial charge on any atom is -0.345 e. The highest BCUT2D eigenvalue weighted by atomic mass is 16.5. The van der Waals surface area contributed by atoms with Gasteiger partial charge in [-0.1, -0.05) is 17.3 Å². The van der Waals surface area contributed by atoms with E-state index in [1.807, 2.05) is 31.2 Å². The fraction of sp³-hybridized carbons (Fsp3) is 0.471. The number of benzene rings is 1. The monoisotopic (exact) mass is 314 g/mol. The molecule has 2 aromatic rings. The van der Waals surface area contributed by atoms with Gasteiger partial charge in [-0.2, -0.15) is 4.98 Å². The maximum absolute atomic E-state index is 11.9. The van der Waals surface area contributed by atoms with Gasteiger partial charge >= 0.3 is 0 Å². The molecule has 0 bridgehead atoms. The molecular weight excluding hydrogens is 292 g/mol. The molecule has 0 aliphatic carbocycles. The summed E-state index contributed by atoms with van der Waals surface area (Å²) >= 11 is 0. The highest BCUT2D eigenvalue weighted by Crippen LogP contribution is 2.31. The van der Waals surface area contributed by atoms with Crippen LogP contribution in [0.3, 0.4) is 0 Å². The molecule has 1 saturated heterocycles. The Bertz CT molecular complexity index is 678. The Morgan fingerprint density at radius 2 is 2.09 bits per heavy atom. The summed E-state index contributed by atoms with van der Waals surface area (Å²) in [4.78, 5) is 20.3. The zero-order chi connectivity index (χ0) is 16.4. The van der Waals surface area contributed by atoms with Crippen LogP contribution in [0.1, 0.15) is 46.5 Å². The minimum absolute atomic E-state index is 0.0258. The number of hydrogen-bond acceptors (Lipinski definition) is 5. The first-order chi connectivity index (χ1) is 11.0. The van der Waals surface area contributed by atoms with Crippen molar-refractivity contribution in [1.29, 1.82) is 0 Å². The number of nitrogens with zero attached hydrogens (tertiary/aromatic N) is 4. The Morgan fingerprint density at radius 3 is 2.70 bits per heavy atom. The molecule has 1 aromatic heterocycles. The second-order valence-corrected chi connectivity index (χ2v) is 6.20. The molecule has 1 amide bonds. The van der Waals surface area contributed by atoms with Gasteiger partial charge in [-0.25, -0.2) is 0 Å². The molecule has 23 heavy (non-hydrogen) atoms. The zero-order valence-corrected chi connectivity index (χ0v) is 13.8. The van der Waals surface area contributed by atoms with E-state index in [9.17, 15) is 4.79 Å². The third-order valence-corrected chi connectivity index (χ3v) is 4.20. The van der Waals surface area contributed by atoms with Crippen molar-refractivity contribution in [2.24, 2.45) is 0 Å². The lowest BCUT2D eigenvalue weighted by atomic mass is 10.1. The lowest BCUT2D eigenvalue weighted by Gasteiger charge is -2.22. The number of carbonyl (C=O) groups excluding carboxylic acids is 1. The first kappa shape index (κ1) is 15.7. The van der Waals surface area contributed by atoms with Gasteiger partial charge in [0, 0.05) is 33.1 Å². The van der Waals surface area contributed by atoms with E-state index >= 15 is 0 Å². The maximum atomic E-state index is 11.9. The predicted octanol–water partition coefficient (Wildman–Crippen LogP) is 2.42. The van der Waals surface area contributed by atoms with Gasteiger partial charge < -0.3 is 9.42 Å². The van der Waals surface area contributed by atoms with Crippen LogP contribution in [-0.4, -0.2) is 46.5 Å². The number of amides is 1. The molecule has 1 aliphatic rings. The zero-order valence-electron chi connectivity index (χ0n) is 13.8. The van der Waals surface area contributed by atoms with Gasteiger partial charge in [-0.15, -0.1) is 0 Å². The Morgan fingerprint density at radius 1 is 1.35 bits per heavy atom. The highest BCUT2D eigenvalue weighted by molar-refractivity contribution is 5.93. The number of likely N-dealkylation sites (tertiary alicyclic amines) is 1. The highest BCUT2D eigenvalue weighted by Gasteiger charge is 2.29. The SMILES string of the molecule is Cc1nc(C2CCCN2Cc2ccc(C(=O)N(C)C)cc2)no1. The van der Waals surface area contributed by atoms with Crippen molar-refractivity contribution in [3.8, 4) is 0 Å². The number of hydrogen-bond donors (Lipinski definition) is 0. The van der Waals surface area contributed by atoms with Gasteiger partial charge in [0.05, 0.1) is 6.04 Å². The van der Waals surface area contributed by atoms with Crippen molar-refractivity contribution in [1.82, 2.24) is 19.9 Å².